The molecule has 5 heteroatoms. The number of nitrogens with one attached hydrogen (secondary N) is 1. The Morgan fingerprint density at radius 3 is 2.41 bits per heavy atom. The first-order valence-corrected chi connectivity index (χ1v) is 12.0. The van der Waals surface area contributed by atoms with Crippen LogP contribution < -0.4 is 0 Å². The number of hydrogen-bond donors (Lipinski definition) is 1. The second kappa shape index (κ2) is 10.2. The Bertz CT molecular complexity index is 1240. The lowest BCUT2D eigenvalue weighted by atomic mass is 10.00. The average molecular weight is 457 g/mol. The van der Waals surface area contributed by atoms with E-state index < -0.39 is 0 Å². The number of H-pyrrole nitrogens is 1. The van der Waals surface area contributed by atoms with Gasteiger partial charge in [0.05, 0.1) is 12.7 Å². The molecule has 1 amide bonds. The molecular weight excluding hydrogens is 427 g/mol. The zero-order chi connectivity index (χ0) is 23.3. The average Bonchev–Trinajstić information content (AvgIpc) is 3.26. The lowest BCUT2D eigenvalue weighted by Crippen LogP contribution is -2.40. The van der Waals surface area contributed by atoms with Crippen molar-refractivity contribution >= 4 is 16.8 Å². The summed E-state index contributed by atoms with van der Waals surface area (Å²) in [5.41, 5.74) is 5.20. The first-order chi connectivity index (χ1) is 16.7. The summed E-state index contributed by atoms with van der Waals surface area (Å²) >= 11 is 0. The Morgan fingerprint density at radius 1 is 0.941 bits per heavy atom. The molecule has 174 valence electrons. The fourth-order valence-electron chi connectivity index (χ4n) is 4.77. The number of carbonyl (C=O) groups is 1. The van der Waals surface area contributed by atoms with E-state index in [2.05, 4.69) is 23.2 Å². The van der Waals surface area contributed by atoms with Gasteiger partial charge in [0, 0.05) is 36.1 Å². The summed E-state index contributed by atoms with van der Waals surface area (Å²) in [5.74, 6) is -0.0791. The van der Waals surface area contributed by atoms with Crippen LogP contribution in [-0.4, -0.2) is 35.0 Å². The van der Waals surface area contributed by atoms with Gasteiger partial charge in [-0.2, -0.15) is 0 Å². The molecule has 0 spiro atoms. The molecule has 1 aliphatic rings. The van der Waals surface area contributed by atoms with Gasteiger partial charge in [-0.25, -0.2) is 4.39 Å². The summed E-state index contributed by atoms with van der Waals surface area (Å²) in [7, 11) is 0. The largest absolute Gasteiger partial charge is 0.373 e. The molecule has 3 aromatic carbocycles. The fraction of sp³-hybridized carbons (Fsp3) is 0.276. The van der Waals surface area contributed by atoms with Crippen molar-refractivity contribution < 1.29 is 13.9 Å². The van der Waals surface area contributed by atoms with Gasteiger partial charge in [0.1, 0.15) is 5.82 Å². The summed E-state index contributed by atoms with van der Waals surface area (Å²) < 4.78 is 19.5. The second-order valence-corrected chi connectivity index (χ2v) is 8.91. The smallest absolute Gasteiger partial charge is 0.222 e. The van der Waals surface area contributed by atoms with E-state index in [4.69, 9.17) is 4.74 Å². The molecule has 34 heavy (non-hydrogen) atoms. The van der Waals surface area contributed by atoms with Crippen LogP contribution in [0.3, 0.4) is 0 Å². The zero-order valence-electron chi connectivity index (χ0n) is 19.2. The third-order valence-corrected chi connectivity index (χ3v) is 6.66. The molecule has 0 saturated carbocycles. The fourth-order valence-corrected chi connectivity index (χ4v) is 4.77. The number of carbonyl (C=O) groups excluding carboxylic acids is 1. The Labute approximate surface area is 199 Å². The summed E-state index contributed by atoms with van der Waals surface area (Å²) in [6, 6.07) is 24.8. The molecule has 1 aliphatic heterocycles. The van der Waals surface area contributed by atoms with E-state index in [1.807, 2.05) is 41.3 Å². The van der Waals surface area contributed by atoms with E-state index in [1.165, 1.54) is 17.7 Å². The minimum atomic E-state index is -0.257. The third kappa shape index (κ3) is 5.05. The van der Waals surface area contributed by atoms with Crippen molar-refractivity contribution in [1.29, 1.82) is 0 Å². The van der Waals surface area contributed by atoms with Gasteiger partial charge >= 0.3 is 0 Å². The van der Waals surface area contributed by atoms with Crippen LogP contribution in [0.15, 0.2) is 78.9 Å². The molecule has 0 bridgehead atoms. The molecule has 4 nitrogen and oxygen atoms in total. The molecule has 4 aromatic rings. The maximum atomic E-state index is 13.5. The maximum Gasteiger partial charge on any atom is 0.222 e. The van der Waals surface area contributed by atoms with E-state index in [9.17, 15) is 9.18 Å². The lowest BCUT2D eigenvalue weighted by molar-refractivity contribution is -0.134. The number of nitrogens with zero attached hydrogens (tertiary/aromatic N) is 1. The molecule has 0 unspecified atom stereocenters. The van der Waals surface area contributed by atoms with Crippen molar-refractivity contribution in [2.75, 3.05) is 13.1 Å². The summed E-state index contributed by atoms with van der Waals surface area (Å²) in [4.78, 5) is 18.5. The number of ether oxygens (including phenoxy) is 1. The van der Waals surface area contributed by atoms with Gasteiger partial charge < -0.3 is 14.6 Å². The van der Waals surface area contributed by atoms with Crippen LogP contribution in [0.4, 0.5) is 4.39 Å². The quantitative estimate of drug-likeness (QED) is 0.364. The lowest BCUT2D eigenvalue weighted by Gasteiger charge is -2.32. The molecule has 0 aliphatic carbocycles. The summed E-state index contributed by atoms with van der Waals surface area (Å²) in [6.45, 7) is 2.08. The van der Waals surface area contributed by atoms with Crippen LogP contribution >= 0.6 is 0 Å². The molecular formula is C29H29FN2O2. The molecule has 2 heterocycles. The molecule has 1 N–H and O–H groups in total. The monoisotopic (exact) mass is 456 g/mol. The van der Waals surface area contributed by atoms with Crippen LogP contribution in [0, 0.1) is 5.82 Å². The number of fused-ring (bicyclic) bond motifs is 1. The first-order valence-electron chi connectivity index (χ1n) is 12.0. The Morgan fingerprint density at radius 2 is 1.65 bits per heavy atom. The predicted octanol–water partition coefficient (Wildman–Crippen LogP) is 6.11. The highest BCUT2D eigenvalue weighted by Gasteiger charge is 2.24. The van der Waals surface area contributed by atoms with E-state index in [-0.39, 0.29) is 17.8 Å². The minimum Gasteiger partial charge on any atom is -0.373 e. The second-order valence-electron chi connectivity index (χ2n) is 8.91. The van der Waals surface area contributed by atoms with E-state index in [0.29, 0.717) is 19.4 Å². The van der Waals surface area contributed by atoms with Crippen LogP contribution in [0.1, 0.15) is 30.4 Å². The van der Waals surface area contributed by atoms with Gasteiger partial charge in [0.15, 0.2) is 0 Å². The molecule has 5 rings (SSSR count). The van der Waals surface area contributed by atoms with Gasteiger partial charge in [-0.3, -0.25) is 4.79 Å². The van der Waals surface area contributed by atoms with Gasteiger partial charge in [0.2, 0.25) is 5.91 Å². The summed E-state index contributed by atoms with van der Waals surface area (Å²) in [6.07, 6.45) is 3.02. The molecule has 0 atom stereocenters. The number of rotatable bonds is 7. The highest BCUT2D eigenvalue weighted by molar-refractivity contribution is 5.91. The number of aromatic nitrogens is 1. The predicted molar refractivity (Wildman–Crippen MR) is 133 cm³/mol. The van der Waals surface area contributed by atoms with E-state index in [0.717, 1.165) is 53.7 Å². The molecule has 1 aromatic heterocycles. The van der Waals surface area contributed by atoms with E-state index >= 15 is 0 Å². The van der Waals surface area contributed by atoms with Crippen molar-refractivity contribution in [3.8, 4) is 11.3 Å². The number of halogens is 1. The van der Waals surface area contributed by atoms with Crippen molar-refractivity contribution in [1.82, 2.24) is 9.88 Å². The first kappa shape index (κ1) is 22.4. The minimum absolute atomic E-state index is 0.178. The highest BCUT2D eigenvalue weighted by atomic mass is 19.1. The van der Waals surface area contributed by atoms with Crippen LogP contribution in [0.25, 0.3) is 22.2 Å². The normalized spacial score (nSPS) is 14.6. The topological polar surface area (TPSA) is 45.3 Å². The highest BCUT2D eigenvalue weighted by Crippen LogP contribution is 2.31. The number of benzene rings is 3. The molecule has 0 radical (unpaired) electrons. The number of amides is 1. The Hall–Kier alpha value is -3.44. The van der Waals surface area contributed by atoms with E-state index in [1.54, 1.807) is 12.1 Å². The third-order valence-electron chi connectivity index (χ3n) is 6.66. The van der Waals surface area contributed by atoms with Crippen LogP contribution in [0.2, 0.25) is 0 Å². The SMILES string of the molecule is O=C(CCc1c(-c2ccc(F)cc2)[nH]c2ccccc12)N1CCC(OCc2ccccc2)CC1. The molecule has 1 fully saturated rings. The van der Waals surface area contributed by atoms with Gasteiger partial charge in [0.25, 0.3) is 0 Å². The maximum absolute atomic E-state index is 13.5. The van der Waals surface area contributed by atoms with Crippen molar-refractivity contribution in [2.24, 2.45) is 0 Å². The Kier molecular flexibility index (Phi) is 6.72. The number of para-hydroxylation sites is 1. The van der Waals surface area contributed by atoms with Crippen molar-refractivity contribution in [2.45, 2.75) is 38.4 Å². The van der Waals surface area contributed by atoms with Crippen LogP contribution in [-0.2, 0) is 22.6 Å². The number of likely N-dealkylation sites (tertiary alicyclic amines) is 1. The van der Waals surface area contributed by atoms with Gasteiger partial charge in [-0.1, -0.05) is 48.5 Å². The number of aryl methyl sites for hydroxylation is 1. The molecule has 1 saturated heterocycles. The standard InChI is InChI=1S/C29H29FN2O2/c30-23-12-10-22(11-13-23)29-26(25-8-4-5-9-27(25)31-29)14-15-28(33)32-18-16-24(17-19-32)34-20-21-6-2-1-3-7-21/h1-13,24,31H,14-20H2. The summed E-state index contributed by atoms with van der Waals surface area (Å²) in [5, 5.41) is 1.11. The van der Waals surface area contributed by atoms with Gasteiger partial charge in [-0.05, 0) is 66.3 Å². The number of hydrogen-bond acceptors (Lipinski definition) is 2. The number of piperidine rings is 1. The van der Waals surface area contributed by atoms with Crippen LogP contribution in [0.5, 0.6) is 0 Å². The Balaban J connectivity index is 1.21. The van der Waals surface area contributed by atoms with Crippen molar-refractivity contribution in [3.05, 3.63) is 95.8 Å². The zero-order valence-corrected chi connectivity index (χ0v) is 19.2. The number of aromatic amines is 1. The van der Waals surface area contributed by atoms with Crippen molar-refractivity contribution in [3.63, 3.8) is 0 Å². The van der Waals surface area contributed by atoms with Gasteiger partial charge in [-0.15, -0.1) is 0 Å².